The molecule has 0 aromatic heterocycles. The number of hydrogen-bond acceptors (Lipinski definition) is 2. The van der Waals surface area contributed by atoms with Crippen molar-refractivity contribution in [2.45, 2.75) is 6.10 Å². The lowest BCUT2D eigenvalue weighted by Crippen LogP contribution is -2.05. The molecule has 0 aliphatic carbocycles. The van der Waals surface area contributed by atoms with Crippen LogP contribution in [-0.2, 0) is 4.74 Å². The van der Waals surface area contributed by atoms with Crippen molar-refractivity contribution < 1.29 is 9.47 Å². The Labute approximate surface area is 117 Å². The first-order valence-electron chi connectivity index (χ1n) is 4.28. The third-order valence-electron chi connectivity index (χ3n) is 1.99. The zero-order valence-electron chi connectivity index (χ0n) is 7.70. The SMILES string of the molecule is Clc1c(Cl)c(Cl)c(OC[C@H]2CO2)c(Cl)c1Cl. The van der Waals surface area contributed by atoms with Gasteiger partial charge in [-0.05, 0) is 0 Å². The molecule has 1 aliphatic heterocycles. The molecule has 0 amide bonds. The van der Waals surface area contributed by atoms with Gasteiger partial charge in [-0.15, -0.1) is 0 Å². The van der Waals surface area contributed by atoms with Crippen LogP contribution >= 0.6 is 58.0 Å². The van der Waals surface area contributed by atoms with E-state index in [1.165, 1.54) is 0 Å². The van der Waals surface area contributed by atoms with Crippen molar-refractivity contribution in [1.29, 1.82) is 0 Å². The summed E-state index contributed by atoms with van der Waals surface area (Å²) >= 11 is 29.5. The van der Waals surface area contributed by atoms with E-state index in [4.69, 9.17) is 67.5 Å². The van der Waals surface area contributed by atoms with Crippen molar-refractivity contribution in [3.63, 3.8) is 0 Å². The largest absolute Gasteiger partial charge is 0.488 e. The summed E-state index contributed by atoms with van der Waals surface area (Å²) in [6, 6.07) is 0. The van der Waals surface area contributed by atoms with Crippen LogP contribution in [0.5, 0.6) is 5.75 Å². The van der Waals surface area contributed by atoms with Gasteiger partial charge in [0.2, 0.25) is 0 Å². The van der Waals surface area contributed by atoms with E-state index in [1.54, 1.807) is 0 Å². The molecular formula is C9H5Cl5O2. The molecule has 0 saturated carbocycles. The second-order valence-electron chi connectivity index (χ2n) is 3.17. The van der Waals surface area contributed by atoms with Gasteiger partial charge in [0.1, 0.15) is 22.8 Å². The van der Waals surface area contributed by atoms with Crippen molar-refractivity contribution in [3.05, 3.63) is 25.1 Å². The number of halogens is 5. The Kier molecular flexibility index (Phi) is 4.00. The minimum atomic E-state index is 0.0837. The van der Waals surface area contributed by atoms with Crippen molar-refractivity contribution >= 4 is 58.0 Å². The van der Waals surface area contributed by atoms with Gasteiger partial charge in [0, 0.05) is 0 Å². The quantitative estimate of drug-likeness (QED) is 0.456. The number of benzene rings is 1. The highest BCUT2D eigenvalue weighted by Crippen LogP contribution is 2.48. The second-order valence-corrected chi connectivity index (χ2v) is 5.06. The van der Waals surface area contributed by atoms with Crippen LogP contribution in [0.25, 0.3) is 0 Å². The van der Waals surface area contributed by atoms with Gasteiger partial charge in [-0.2, -0.15) is 0 Å². The Bertz CT molecular complexity index is 401. The molecule has 0 spiro atoms. The minimum Gasteiger partial charge on any atom is -0.488 e. The van der Waals surface area contributed by atoms with E-state index in [0.29, 0.717) is 13.2 Å². The fourth-order valence-corrected chi connectivity index (χ4v) is 2.28. The van der Waals surface area contributed by atoms with E-state index in [2.05, 4.69) is 0 Å². The van der Waals surface area contributed by atoms with Crippen LogP contribution in [0.1, 0.15) is 0 Å². The summed E-state index contributed by atoms with van der Waals surface area (Å²) in [5.74, 6) is 0.234. The number of hydrogen-bond donors (Lipinski definition) is 0. The van der Waals surface area contributed by atoms with Gasteiger partial charge in [0.05, 0.1) is 21.7 Å². The maximum absolute atomic E-state index is 5.95. The topological polar surface area (TPSA) is 21.8 Å². The molecule has 1 aromatic carbocycles. The van der Waals surface area contributed by atoms with Crippen molar-refractivity contribution in [3.8, 4) is 5.75 Å². The van der Waals surface area contributed by atoms with E-state index < -0.39 is 0 Å². The molecule has 1 fully saturated rings. The fraction of sp³-hybridized carbons (Fsp3) is 0.333. The lowest BCUT2D eigenvalue weighted by atomic mass is 10.3. The second kappa shape index (κ2) is 4.97. The summed E-state index contributed by atoms with van der Waals surface area (Å²) in [6.07, 6.45) is 0.0837. The third kappa shape index (κ3) is 2.47. The minimum absolute atomic E-state index is 0.0837. The molecule has 1 aromatic rings. The maximum atomic E-state index is 5.95. The predicted molar refractivity (Wildman–Crippen MR) is 66.7 cm³/mol. The van der Waals surface area contributed by atoms with Crippen LogP contribution in [0.4, 0.5) is 0 Å². The van der Waals surface area contributed by atoms with E-state index >= 15 is 0 Å². The Morgan fingerprint density at radius 1 is 0.938 bits per heavy atom. The molecule has 0 unspecified atom stereocenters. The van der Waals surface area contributed by atoms with Crippen molar-refractivity contribution in [2.75, 3.05) is 13.2 Å². The van der Waals surface area contributed by atoms with Crippen LogP contribution < -0.4 is 4.74 Å². The standard InChI is InChI=1S/C9H5Cl5O2/c10-4-5(11)7(13)9(8(14)6(4)12)16-2-3-1-15-3/h3H,1-2H2/t3-/m1/s1. The monoisotopic (exact) mass is 320 g/mol. The zero-order valence-corrected chi connectivity index (χ0v) is 11.5. The summed E-state index contributed by atoms with van der Waals surface area (Å²) < 4.78 is 10.4. The first kappa shape index (κ1) is 12.9. The van der Waals surface area contributed by atoms with E-state index in [9.17, 15) is 0 Å². The van der Waals surface area contributed by atoms with Crippen molar-refractivity contribution in [2.24, 2.45) is 0 Å². The number of rotatable bonds is 3. The van der Waals surface area contributed by atoms with E-state index in [-0.39, 0.29) is 37.0 Å². The van der Waals surface area contributed by atoms with E-state index in [0.717, 1.165) is 0 Å². The fourth-order valence-electron chi connectivity index (χ4n) is 1.05. The molecule has 1 heterocycles. The molecule has 7 heteroatoms. The average molecular weight is 322 g/mol. The first-order chi connectivity index (χ1) is 7.52. The van der Waals surface area contributed by atoms with Gasteiger partial charge < -0.3 is 9.47 Å². The van der Waals surface area contributed by atoms with Gasteiger partial charge in [-0.3, -0.25) is 0 Å². The Morgan fingerprint density at radius 3 is 1.81 bits per heavy atom. The maximum Gasteiger partial charge on any atom is 0.159 e. The van der Waals surface area contributed by atoms with Crippen LogP contribution in [0, 0.1) is 0 Å². The molecule has 2 rings (SSSR count). The molecular weight excluding hydrogens is 317 g/mol. The summed E-state index contributed by atoms with van der Waals surface area (Å²) in [6.45, 7) is 1.03. The van der Waals surface area contributed by atoms with Gasteiger partial charge in [-0.1, -0.05) is 58.0 Å². The molecule has 1 aliphatic rings. The Morgan fingerprint density at radius 2 is 1.38 bits per heavy atom. The first-order valence-corrected chi connectivity index (χ1v) is 6.17. The average Bonchev–Trinajstić information content (AvgIpc) is 3.07. The highest BCUT2D eigenvalue weighted by Gasteiger charge is 2.26. The molecule has 0 N–H and O–H groups in total. The lowest BCUT2D eigenvalue weighted by Gasteiger charge is -2.12. The molecule has 88 valence electrons. The molecule has 0 bridgehead atoms. The number of ether oxygens (including phenoxy) is 2. The van der Waals surface area contributed by atoms with E-state index in [1.807, 2.05) is 0 Å². The summed E-state index contributed by atoms with van der Waals surface area (Å²) in [5.41, 5.74) is 0. The highest BCUT2D eigenvalue weighted by molar-refractivity contribution is 6.55. The van der Waals surface area contributed by atoms with Crippen LogP contribution in [0.2, 0.25) is 25.1 Å². The van der Waals surface area contributed by atoms with Crippen LogP contribution in [0.3, 0.4) is 0 Å². The third-order valence-corrected chi connectivity index (χ3v) is 4.23. The molecule has 1 saturated heterocycles. The Hall–Kier alpha value is 0.430. The van der Waals surface area contributed by atoms with Crippen LogP contribution in [0.15, 0.2) is 0 Å². The lowest BCUT2D eigenvalue weighted by molar-refractivity contribution is 0.263. The Balaban J connectivity index is 2.34. The normalized spacial score (nSPS) is 18.7. The molecule has 1 atom stereocenters. The van der Waals surface area contributed by atoms with Crippen LogP contribution in [-0.4, -0.2) is 19.3 Å². The zero-order chi connectivity index (χ0) is 11.9. The summed E-state index contributed by atoms with van der Waals surface area (Å²) in [7, 11) is 0. The molecule has 0 radical (unpaired) electrons. The van der Waals surface area contributed by atoms with Gasteiger partial charge in [0.15, 0.2) is 5.75 Å². The molecule has 16 heavy (non-hydrogen) atoms. The molecule has 2 nitrogen and oxygen atoms in total. The number of epoxide rings is 1. The highest BCUT2D eigenvalue weighted by atomic mass is 35.5. The van der Waals surface area contributed by atoms with Gasteiger partial charge >= 0.3 is 0 Å². The van der Waals surface area contributed by atoms with Crippen molar-refractivity contribution in [1.82, 2.24) is 0 Å². The van der Waals surface area contributed by atoms with Gasteiger partial charge in [-0.25, -0.2) is 0 Å². The summed E-state index contributed by atoms with van der Waals surface area (Å²) in [4.78, 5) is 0. The smallest absolute Gasteiger partial charge is 0.159 e. The predicted octanol–water partition coefficient (Wildman–Crippen LogP) is 4.73. The van der Waals surface area contributed by atoms with Gasteiger partial charge in [0.25, 0.3) is 0 Å². The summed E-state index contributed by atoms with van der Waals surface area (Å²) in [5, 5.41) is 0.686.